The standard InChI is InChI=1S/C25H20N2O6S/c1-11-8-16-17(9-12(11)2)33-21-18(20(16)29)19(14-6-5-7-15(28)10-14)27(23(21)30)25-26-13(3)22(34-25)24(31)32-4/h5-10,19,28H,1-4H3/t19-/m0/s1. The van der Waals surface area contributed by atoms with E-state index in [-0.39, 0.29) is 32.5 Å². The number of hydrogen-bond donors (Lipinski definition) is 1. The number of methoxy groups -OCH3 is 1. The van der Waals surface area contributed by atoms with E-state index in [1.54, 1.807) is 31.2 Å². The molecule has 1 amide bonds. The highest BCUT2D eigenvalue weighted by Crippen LogP contribution is 2.43. The van der Waals surface area contributed by atoms with E-state index in [4.69, 9.17) is 9.15 Å². The van der Waals surface area contributed by atoms with Crippen LogP contribution in [0.15, 0.2) is 45.6 Å². The van der Waals surface area contributed by atoms with E-state index in [0.29, 0.717) is 22.2 Å². The zero-order valence-corrected chi connectivity index (χ0v) is 19.6. The van der Waals surface area contributed by atoms with Crippen molar-refractivity contribution in [1.29, 1.82) is 0 Å². The maximum atomic E-state index is 13.7. The maximum absolute atomic E-state index is 13.7. The van der Waals surface area contributed by atoms with E-state index in [2.05, 4.69) is 4.98 Å². The molecule has 172 valence electrons. The molecule has 0 spiro atoms. The number of anilines is 1. The number of thiazole rings is 1. The molecule has 0 radical (unpaired) electrons. The molecule has 9 heteroatoms. The van der Waals surface area contributed by atoms with Crippen LogP contribution in [0.5, 0.6) is 5.75 Å². The number of rotatable bonds is 3. The van der Waals surface area contributed by atoms with Crippen LogP contribution >= 0.6 is 11.3 Å². The Labute approximate surface area is 198 Å². The van der Waals surface area contributed by atoms with Crippen molar-refractivity contribution < 1.29 is 23.8 Å². The van der Waals surface area contributed by atoms with Gasteiger partial charge in [0.25, 0.3) is 5.91 Å². The fourth-order valence-corrected chi connectivity index (χ4v) is 5.21. The van der Waals surface area contributed by atoms with Crippen molar-refractivity contribution in [2.45, 2.75) is 26.8 Å². The van der Waals surface area contributed by atoms with Crippen molar-refractivity contribution in [3.05, 3.63) is 85.2 Å². The maximum Gasteiger partial charge on any atom is 0.350 e. The zero-order valence-electron chi connectivity index (χ0n) is 18.8. The monoisotopic (exact) mass is 476 g/mol. The van der Waals surface area contributed by atoms with Crippen LogP contribution in [-0.4, -0.2) is 29.1 Å². The number of phenolic OH excluding ortho intramolecular Hbond substituents is 1. The summed E-state index contributed by atoms with van der Waals surface area (Å²) in [5.74, 6) is -1.21. The number of nitrogens with zero attached hydrogens (tertiary/aromatic N) is 2. The summed E-state index contributed by atoms with van der Waals surface area (Å²) in [7, 11) is 1.27. The Hall–Kier alpha value is -3.98. The highest BCUT2D eigenvalue weighted by atomic mass is 32.1. The second kappa shape index (κ2) is 7.81. The molecule has 1 N–H and O–H groups in total. The van der Waals surface area contributed by atoms with Gasteiger partial charge in [-0.05, 0) is 61.7 Å². The number of aromatic nitrogens is 1. The molecule has 4 aromatic rings. The minimum absolute atomic E-state index is 0.0134. The van der Waals surface area contributed by atoms with Gasteiger partial charge in [0.2, 0.25) is 5.76 Å². The average Bonchev–Trinajstić information content (AvgIpc) is 3.32. The van der Waals surface area contributed by atoms with Gasteiger partial charge in [-0.2, -0.15) is 0 Å². The Bertz CT molecular complexity index is 1570. The van der Waals surface area contributed by atoms with Gasteiger partial charge in [0.15, 0.2) is 10.6 Å². The van der Waals surface area contributed by atoms with E-state index in [0.717, 1.165) is 22.5 Å². The molecule has 8 nitrogen and oxygen atoms in total. The van der Waals surface area contributed by atoms with Crippen LogP contribution in [0.3, 0.4) is 0 Å². The molecular weight excluding hydrogens is 456 g/mol. The fourth-order valence-electron chi connectivity index (χ4n) is 4.20. The highest BCUT2D eigenvalue weighted by molar-refractivity contribution is 7.17. The van der Waals surface area contributed by atoms with Gasteiger partial charge < -0.3 is 14.3 Å². The number of phenols is 1. The second-order valence-corrected chi connectivity index (χ2v) is 9.16. The quantitative estimate of drug-likeness (QED) is 0.436. The van der Waals surface area contributed by atoms with Gasteiger partial charge in [-0.25, -0.2) is 9.78 Å². The Morgan fingerprint density at radius 1 is 1.15 bits per heavy atom. The van der Waals surface area contributed by atoms with Gasteiger partial charge in [0, 0.05) is 0 Å². The Morgan fingerprint density at radius 3 is 2.59 bits per heavy atom. The average molecular weight is 477 g/mol. The number of carbonyl (C=O) groups is 2. The van der Waals surface area contributed by atoms with Crippen molar-refractivity contribution in [2.75, 3.05) is 12.0 Å². The Kier molecular flexibility index (Phi) is 5.02. The predicted octanol–water partition coefficient (Wildman–Crippen LogP) is 4.42. The minimum atomic E-state index is -0.895. The van der Waals surface area contributed by atoms with Gasteiger partial charge in [0.1, 0.15) is 16.2 Å². The SMILES string of the molecule is COC(=O)c1sc(N2C(=O)c3oc4cc(C)c(C)cc4c(=O)c3[C@@H]2c2cccc(O)c2)nc1C. The molecule has 0 saturated carbocycles. The van der Waals surface area contributed by atoms with Gasteiger partial charge in [0.05, 0.1) is 29.8 Å². The van der Waals surface area contributed by atoms with E-state index in [9.17, 15) is 19.5 Å². The number of aryl methyl sites for hydroxylation is 3. The third kappa shape index (κ3) is 3.19. The molecule has 0 fully saturated rings. The second-order valence-electron chi connectivity index (χ2n) is 8.18. The van der Waals surface area contributed by atoms with E-state index in [1.807, 2.05) is 13.8 Å². The van der Waals surface area contributed by atoms with Crippen molar-refractivity contribution in [3.8, 4) is 5.75 Å². The molecule has 2 aromatic carbocycles. The van der Waals surface area contributed by atoms with E-state index in [1.165, 1.54) is 24.1 Å². The summed E-state index contributed by atoms with van der Waals surface area (Å²) < 4.78 is 10.8. The van der Waals surface area contributed by atoms with Crippen LogP contribution in [0.4, 0.5) is 5.13 Å². The molecule has 34 heavy (non-hydrogen) atoms. The van der Waals surface area contributed by atoms with E-state index >= 15 is 0 Å². The number of benzene rings is 2. The minimum Gasteiger partial charge on any atom is -0.508 e. The summed E-state index contributed by atoms with van der Waals surface area (Å²) in [6.07, 6.45) is 0. The summed E-state index contributed by atoms with van der Waals surface area (Å²) >= 11 is 0.995. The van der Waals surface area contributed by atoms with Crippen LogP contribution in [0.25, 0.3) is 11.0 Å². The van der Waals surface area contributed by atoms with Gasteiger partial charge >= 0.3 is 5.97 Å². The molecule has 0 aliphatic carbocycles. The van der Waals surface area contributed by atoms with Crippen LogP contribution < -0.4 is 10.3 Å². The third-order valence-electron chi connectivity index (χ3n) is 6.03. The first-order chi connectivity index (χ1) is 16.2. The number of ether oxygens (including phenoxy) is 1. The lowest BCUT2D eigenvalue weighted by molar-refractivity contribution is 0.0605. The lowest BCUT2D eigenvalue weighted by Gasteiger charge is -2.22. The highest BCUT2D eigenvalue weighted by Gasteiger charge is 2.45. The number of amides is 1. The van der Waals surface area contributed by atoms with Gasteiger partial charge in [-0.1, -0.05) is 23.5 Å². The third-order valence-corrected chi connectivity index (χ3v) is 7.17. The first-order valence-electron chi connectivity index (χ1n) is 10.5. The summed E-state index contributed by atoms with van der Waals surface area (Å²) in [6.45, 7) is 5.45. The van der Waals surface area contributed by atoms with Crippen molar-refractivity contribution in [2.24, 2.45) is 0 Å². The molecule has 1 atom stereocenters. The molecule has 1 aliphatic rings. The molecule has 1 aliphatic heterocycles. The van der Waals surface area contributed by atoms with Crippen LogP contribution in [0.1, 0.15) is 54.2 Å². The summed E-state index contributed by atoms with van der Waals surface area (Å²) in [5.41, 5.74) is 2.93. The van der Waals surface area contributed by atoms with Crippen LogP contribution in [0.2, 0.25) is 0 Å². The van der Waals surface area contributed by atoms with Crippen molar-refractivity contribution in [1.82, 2.24) is 4.98 Å². The van der Waals surface area contributed by atoms with Crippen molar-refractivity contribution >= 4 is 39.3 Å². The lowest BCUT2D eigenvalue weighted by atomic mass is 9.97. The lowest BCUT2D eigenvalue weighted by Crippen LogP contribution is -2.29. The molecule has 2 aromatic heterocycles. The molecule has 5 rings (SSSR count). The Morgan fingerprint density at radius 2 is 1.88 bits per heavy atom. The first-order valence-corrected chi connectivity index (χ1v) is 11.3. The topological polar surface area (TPSA) is 110 Å². The van der Waals surface area contributed by atoms with Crippen LogP contribution in [0, 0.1) is 20.8 Å². The Balaban J connectivity index is 1.80. The predicted molar refractivity (Wildman–Crippen MR) is 127 cm³/mol. The number of esters is 1. The summed E-state index contributed by atoms with van der Waals surface area (Å²) in [4.78, 5) is 45.6. The number of hydrogen-bond acceptors (Lipinski definition) is 8. The largest absolute Gasteiger partial charge is 0.508 e. The van der Waals surface area contributed by atoms with Crippen LogP contribution in [-0.2, 0) is 4.74 Å². The van der Waals surface area contributed by atoms with Gasteiger partial charge in [-0.15, -0.1) is 0 Å². The zero-order chi connectivity index (χ0) is 24.3. The normalized spacial score (nSPS) is 15.1. The smallest absolute Gasteiger partial charge is 0.350 e. The van der Waals surface area contributed by atoms with E-state index < -0.39 is 17.9 Å². The molecular formula is C25H20N2O6S. The van der Waals surface area contributed by atoms with Gasteiger partial charge in [-0.3, -0.25) is 14.5 Å². The fraction of sp³-hybridized carbons (Fsp3) is 0.200. The van der Waals surface area contributed by atoms with Crippen molar-refractivity contribution in [3.63, 3.8) is 0 Å². The number of carbonyl (C=O) groups excluding carboxylic acids is 2. The number of aromatic hydroxyl groups is 1. The summed E-state index contributed by atoms with van der Waals surface area (Å²) in [6, 6.07) is 8.95. The first kappa shape index (κ1) is 21.8. The molecule has 0 saturated heterocycles. The molecule has 0 bridgehead atoms. The molecule has 0 unspecified atom stereocenters. The molecule has 3 heterocycles. The number of fused-ring (bicyclic) bond motifs is 2. The summed E-state index contributed by atoms with van der Waals surface area (Å²) in [5, 5.41) is 10.7.